The van der Waals surface area contributed by atoms with Gasteiger partial charge in [-0.15, -0.1) is 0 Å². The van der Waals surface area contributed by atoms with Gasteiger partial charge in [0.25, 0.3) is 0 Å². The molecule has 0 atom stereocenters. The number of hydrogen-bond donors (Lipinski definition) is 0. The molecule has 146 valence electrons. The molecule has 0 spiro atoms. The zero-order chi connectivity index (χ0) is 21.0. The van der Waals surface area contributed by atoms with E-state index < -0.39 is 0 Å². The van der Waals surface area contributed by atoms with E-state index in [4.69, 9.17) is 26.6 Å². The molecular formula is C27H16ClN3. The van der Waals surface area contributed by atoms with Crippen molar-refractivity contribution in [2.45, 2.75) is 0 Å². The van der Waals surface area contributed by atoms with Crippen LogP contribution in [-0.4, -0.2) is 15.0 Å². The van der Waals surface area contributed by atoms with Crippen molar-refractivity contribution in [3.8, 4) is 22.8 Å². The molecule has 5 rings (SSSR count). The lowest BCUT2D eigenvalue weighted by Gasteiger charge is -2.13. The van der Waals surface area contributed by atoms with E-state index in [1.165, 1.54) is 0 Å². The Morgan fingerprint density at radius 1 is 0.581 bits per heavy atom. The van der Waals surface area contributed by atoms with E-state index in [2.05, 4.69) is 23.6 Å². The van der Waals surface area contributed by atoms with Crippen molar-refractivity contribution in [2.75, 3.05) is 0 Å². The minimum atomic E-state index is 0.550. The SMILES string of the molecule is Clc1ccc(-c2nc(C3=C=C=CC=C3c3ccccc3)nc(-c3ccccc3)n2)cc1. The maximum absolute atomic E-state index is 6.08. The van der Waals surface area contributed by atoms with Crippen molar-refractivity contribution >= 4 is 22.7 Å². The molecule has 0 bridgehead atoms. The first-order valence-electron chi connectivity index (χ1n) is 9.83. The molecule has 3 nitrogen and oxygen atoms in total. The Morgan fingerprint density at radius 3 is 1.77 bits per heavy atom. The van der Waals surface area contributed by atoms with E-state index in [0.717, 1.165) is 27.8 Å². The zero-order valence-electron chi connectivity index (χ0n) is 16.5. The van der Waals surface area contributed by atoms with Crippen LogP contribution in [0.15, 0.2) is 109 Å². The molecule has 0 amide bonds. The van der Waals surface area contributed by atoms with Gasteiger partial charge in [-0.2, -0.15) is 0 Å². The van der Waals surface area contributed by atoms with Gasteiger partial charge < -0.3 is 0 Å². The van der Waals surface area contributed by atoms with Gasteiger partial charge in [-0.1, -0.05) is 83.7 Å². The van der Waals surface area contributed by atoms with E-state index in [-0.39, 0.29) is 0 Å². The van der Waals surface area contributed by atoms with Crippen LogP contribution in [0.1, 0.15) is 11.4 Å². The minimum Gasteiger partial charge on any atom is -0.208 e. The maximum atomic E-state index is 6.08. The molecular weight excluding hydrogens is 402 g/mol. The van der Waals surface area contributed by atoms with Gasteiger partial charge in [0.15, 0.2) is 17.5 Å². The topological polar surface area (TPSA) is 38.7 Å². The molecule has 0 radical (unpaired) electrons. The number of rotatable bonds is 4. The van der Waals surface area contributed by atoms with Crippen molar-refractivity contribution in [1.29, 1.82) is 0 Å². The lowest BCUT2D eigenvalue weighted by atomic mass is 9.96. The summed E-state index contributed by atoms with van der Waals surface area (Å²) in [4.78, 5) is 14.3. The van der Waals surface area contributed by atoms with Gasteiger partial charge in [-0.05, 0) is 42.0 Å². The number of halogens is 1. The molecule has 0 unspecified atom stereocenters. The number of benzene rings is 3. The molecule has 1 aliphatic rings. The van der Waals surface area contributed by atoms with E-state index in [1.54, 1.807) is 0 Å². The third-order valence-corrected chi connectivity index (χ3v) is 5.13. The smallest absolute Gasteiger partial charge is 0.173 e. The first-order valence-corrected chi connectivity index (χ1v) is 10.2. The van der Waals surface area contributed by atoms with Crippen molar-refractivity contribution in [3.63, 3.8) is 0 Å². The summed E-state index contributed by atoms with van der Waals surface area (Å²) in [6, 6.07) is 27.5. The van der Waals surface area contributed by atoms with Crippen LogP contribution in [-0.2, 0) is 0 Å². The average molecular weight is 418 g/mol. The molecule has 1 aromatic heterocycles. The Labute approximate surface area is 185 Å². The standard InChI is InChI=1S/C27H16ClN3/c28-22-17-15-21(16-18-22)26-29-25(20-11-5-2-6-12-20)30-27(31-26)24-14-8-7-13-23(24)19-9-3-1-4-10-19/h1-7,9-13,15-18H. The molecule has 4 heteroatoms. The summed E-state index contributed by atoms with van der Waals surface area (Å²) in [7, 11) is 0. The summed E-state index contributed by atoms with van der Waals surface area (Å²) in [6.07, 6.45) is 3.86. The molecule has 0 N–H and O–H groups in total. The molecule has 1 aliphatic carbocycles. The fourth-order valence-corrected chi connectivity index (χ4v) is 3.48. The Balaban J connectivity index is 1.70. The van der Waals surface area contributed by atoms with E-state index in [0.29, 0.717) is 22.5 Å². The van der Waals surface area contributed by atoms with Crippen LogP contribution in [0.25, 0.3) is 33.9 Å². The van der Waals surface area contributed by atoms with Crippen LogP contribution in [0.3, 0.4) is 0 Å². The molecule has 0 saturated carbocycles. The average Bonchev–Trinajstić information content (AvgIpc) is 2.85. The Hall–Kier alpha value is -4.00. The Bertz CT molecular complexity index is 1380. The molecule has 1 heterocycles. The second kappa shape index (κ2) is 8.39. The van der Waals surface area contributed by atoms with Gasteiger partial charge in [0.2, 0.25) is 0 Å². The summed E-state index contributed by atoms with van der Waals surface area (Å²) in [6.45, 7) is 0. The first-order chi connectivity index (χ1) is 15.3. The highest BCUT2D eigenvalue weighted by Gasteiger charge is 2.18. The van der Waals surface area contributed by atoms with E-state index >= 15 is 0 Å². The van der Waals surface area contributed by atoms with Crippen LogP contribution in [0, 0.1) is 0 Å². The molecule has 31 heavy (non-hydrogen) atoms. The van der Waals surface area contributed by atoms with Crippen molar-refractivity contribution in [3.05, 3.63) is 125 Å². The highest BCUT2D eigenvalue weighted by molar-refractivity contribution is 6.30. The van der Waals surface area contributed by atoms with Crippen molar-refractivity contribution in [2.24, 2.45) is 0 Å². The lowest BCUT2D eigenvalue weighted by Crippen LogP contribution is -2.04. The minimum absolute atomic E-state index is 0.550. The normalized spacial score (nSPS) is 12.4. The molecule has 0 saturated heterocycles. The van der Waals surface area contributed by atoms with Gasteiger partial charge in [-0.25, -0.2) is 15.0 Å². The monoisotopic (exact) mass is 417 g/mol. The van der Waals surface area contributed by atoms with Gasteiger partial charge >= 0.3 is 0 Å². The summed E-state index contributed by atoms with van der Waals surface area (Å²) in [5.74, 6) is 1.73. The largest absolute Gasteiger partial charge is 0.208 e. The molecule has 3 aromatic carbocycles. The highest BCUT2D eigenvalue weighted by atomic mass is 35.5. The second-order valence-corrected chi connectivity index (χ2v) is 7.37. The maximum Gasteiger partial charge on any atom is 0.173 e. The third kappa shape index (κ3) is 4.02. The summed E-state index contributed by atoms with van der Waals surface area (Å²) < 4.78 is 0. The summed E-state index contributed by atoms with van der Waals surface area (Å²) in [5.41, 5.74) is 10.9. The van der Waals surface area contributed by atoms with Crippen LogP contribution >= 0.6 is 11.6 Å². The van der Waals surface area contributed by atoms with Crippen LogP contribution in [0.4, 0.5) is 0 Å². The second-order valence-electron chi connectivity index (χ2n) is 6.94. The highest BCUT2D eigenvalue weighted by Crippen LogP contribution is 2.32. The van der Waals surface area contributed by atoms with Gasteiger partial charge in [-0.3, -0.25) is 0 Å². The van der Waals surface area contributed by atoms with Crippen molar-refractivity contribution < 1.29 is 0 Å². The fourth-order valence-electron chi connectivity index (χ4n) is 3.36. The number of aromatic nitrogens is 3. The number of hydrogen-bond acceptors (Lipinski definition) is 3. The zero-order valence-corrected chi connectivity index (χ0v) is 17.2. The van der Waals surface area contributed by atoms with E-state index in [9.17, 15) is 0 Å². The Kier molecular flexibility index (Phi) is 5.14. The fraction of sp³-hybridized carbons (Fsp3) is 0. The summed E-state index contributed by atoms with van der Waals surface area (Å²) in [5, 5.41) is 0.665. The predicted molar refractivity (Wildman–Crippen MR) is 125 cm³/mol. The third-order valence-electron chi connectivity index (χ3n) is 4.88. The van der Waals surface area contributed by atoms with E-state index in [1.807, 2.05) is 84.9 Å². The predicted octanol–water partition coefficient (Wildman–Crippen LogP) is 6.65. The van der Waals surface area contributed by atoms with Gasteiger partial charge in [0, 0.05) is 21.7 Å². The number of allylic oxidation sites excluding steroid dienone is 4. The van der Waals surface area contributed by atoms with Crippen LogP contribution < -0.4 is 0 Å². The van der Waals surface area contributed by atoms with Gasteiger partial charge in [0.05, 0.1) is 5.57 Å². The van der Waals surface area contributed by atoms with Crippen molar-refractivity contribution in [1.82, 2.24) is 15.0 Å². The molecule has 4 aromatic rings. The number of nitrogens with zero attached hydrogens (tertiary/aromatic N) is 3. The molecule has 0 fully saturated rings. The van der Waals surface area contributed by atoms with Crippen LogP contribution in [0.5, 0.6) is 0 Å². The van der Waals surface area contributed by atoms with Gasteiger partial charge in [0.1, 0.15) is 0 Å². The van der Waals surface area contributed by atoms with Crippen LogP contribution in [0.2, 0.25) is 5.02 Å². The lowest BCUT2D eigenvalue weighted by molar-refractivity contribution is 1.04. The quantitative estimate of drug-likeness (QED) is 0.349. The summed E-state index contributed by atoms with van der Waals surface area (Å²) >= 11 is 6.08. The molecule has 0 aliphatic heterocycles. The first kappa shape index (κ1) is 19.0. The Morgan fingerprint density at radius 2 is 1.13 bits per heavy atom.